The van der Waals surface area contributed by atoms with Crippen molar-refractivity contribution in [2.45, 2.75) is 38.5 Å². The molecule has 0 aliphatic heterocycles. The van der Waals surface area contributed by atoms with Gasteiger partial charge in [0.05, 0.1) is 7.11 Å². The van der Waals surface area contributed by atoms with Crippen LogP contribution in [-0.2, 0) is 6.42 Å². The van der Waals surface area contributed by atoms with E-state index in [1.165, 1.54) is 47.9 Å². The first-order valence-electron chi connectivity index (χ1n) is 8.74. The molecular formula is C21H28ClNO. The molecule has 0 unspecified atom stereocenters. The average Bonchev–Trinajstić information content (AvgIpc) is 3.39. The van der Waals surface area contributed by atoms with Crippen molar-refractivity contribution in [3.05, 3.63) is 53.6 Å². The number of hydrogen-bond acceptors (Lipinski definition) is 2. The molecule has 0 radical (unpaired) electrons. The third-order valence-corrected chi connectivity index (χ3v) is 4.96. The summed E-state index contributed by atoms with van der Waals surface area (Å²) in [7, 11) is 1.75. The van der Waals surface area contributed by atoms with Crippen molar-refractivity contribution in [2.24, 2.45) is 11.7 Å². The smallest absolute Gasteiger partial charge is 0.122 e. The number of benzene rings is 2. The van der Waals surface area contributed by atoms with E-state index >= 15 is 0 Å². The number of hydrogen-bond donors (Lipinski definition) is 1. The van der Waals surface area contributed by atoms with Gasteiger partial charge in [-0.3, -0.25) is 0 Å². The fourth-order valence-corrected chi connectivity index (χ4v) is 3.34. The van der Waals surface area contributed by atoms with Gasteiger partial charge in [0.25, 0.3) is 0 Å². The molecule has 2 aromatic rings. The van der Waals surface area contributed by atoms with Gasteiger partial charge in [-0.15, -0.1) is 12.4 Å². The van der Waals surface area contributed by atoms with Crippen molar-refractivity contribution >= 4 is 12.4 Å². The lowest BCUT2D eigenvalue weighted by Crippen LogP contribution is -2.02. The molecule has 24 heavy (non-hydrogen) atoms. The molecule has 1 fully saturated rings. The summed E-state index contributed by atoms with van der Waals surface area (Å²) in [5, 5.41) is 0. The van der Waals surface area contributed by atoms with E-state index in [0.29, 0.717) is 11.8 Å². The largest absolute Gasteiger partial charge is 0.496 e. The summed E-state index contributed by atoms with van der Waals surface area (Å²) in [6, 6.07) is 15.5. The molecule has 0 heterocycles. The van der Waals surface area contributed by atoms with Crippen molar-refractivity contribution in [1.29, 1.82) is 0 Å². The highest BCUT2D eigenvalue weighted by Crippen LogP contribution is 2.50. The Kier molecular flexibility index (Phi) is 6.70. The second kappa shape index (κ2) is 8.55. The standard InChI is InChI=1S/C21H27NO.ClH/c1-3-4-5-15-6-8-16(9-7-15)17-10-11-21(23-2)20(12-17)19-13-18(19)14-22;/h6-12,18-19H,3-5,13-14,22H2,1-2H3;1H/t18-,19+;/m1./s1. The van der Waals surface area contributed by atoms with Crippen LogP contribution >= 0.6 is 12.4 Å². The van der Waals surface area contributed by atoms with Crippen LogP contribution in [0.3, 0.4) is 0 Å². The first-order chi connectivity index (χ1) is 11.3. The van der Waals surface area contributed by atoms with Crippen molar-refractivity contribution in [2.75, 3.05) is 13.7 Å². The SMILES string of the molecule is CCCCc1ccc(-c2ccc(OC)c([C@H]3C[C@@H]3CN)c2)cc1.Cl. The van der Waals surface area contributed by atoms with E-state index < -0.39 is 0 Å². The van der Waals surface area contributed by atoms with Crippen LogP contribution in [0.5, 0.6) is 5.75 Å². The normalized spacial score (nSPS) is 18.8. The summed E-state index contributed by atoms with van der Waals surface area (Å²) < 4.78 is 5.55. The van der Waals surface area contributed by atoms with E-state index in [2.05, 4.69) is 49.4 Å². The second-order valence-electron chi connectivity index (χ2n) is 6.60. The Morgan fingerprint density at radius 3 is 2.38 bits per heavy atom. The van der Waals surface area contributed by atoms with Crippen LogP contribution in [0.2, 0.25) is 0 Å². The molecule has 0 spiro atoms. The molecule has 3 heteroatoms. The molecule has 3 rings (SSSR count). The van der Waals surface area contributed by atoms with E-state index in [9.17, 15) is 0 Å². The molecule has 0 aromatic heterocycles. The van der Waals surface area contributed by atoms with Crippen molar-refractivity contribution < 1.29 is 4.74 Å². The van der Waals surface area contributed by atoms with E-state index in [1.807, 2.05) is 0 Å². The Labute approximate surface area is 151 Å². The topological polar surface area (TPSA) is 35.2 Å². The monoisotopic (exact) mass is 345 g/mol. The fourth-order valence-electron chi connectivity index (χ4n) is 3.34. The van der Waals surface area contributed by atoms with Gasteiger partial charge in [0.1, 0.15) is 5.75 Å². The zero-order valence-corrected chi connectivity index (χ0v) is 15.4. The zero-order chi connectivity index (χ0) is 16.2. The minimum Gasteiger partial charge on any atom is -0.496 e. The molecule has 1 aliphatic carbocycles. The summed E-state index contributed by atoms with van der Waals surface area (Å²) in [4.78, 5) is 0. The highest BCUT2D eigenvalue weighted by atomic mass is 35.5. The van der Waals surface area contributed by atoms with Crippen LogP contribution < -0.4 is 10.5 Å². The first-order valence-corrected chi connectivity index (χ1v) is 8.74. The first kappa shape index (κ1) is 18.8. The van der Waals surface area contributed by atoms with Gasteiger partial charge in [0.15, 0.2) is 0 Å². The maximum absolute atomic E-state index is 5.82. The summed E-state index contributed by atoms with van der Waals surface area (Å²) in [5.74, 6) is 2.18. The van der Waals surface area contributed by atoms with Crippen molar-refractivity contribution in [3.63, 3.8) is 0 Å². The Morgan fingerprint density at radius 1 is 1.08 bits per heavy atom. The van der Waals surface area contributed by atoms with Gasteiger partial charge in [-0.25, -0.2) is 0 Å². The number of aryl methyl sites for hydroxylation is 1. The van der Waals surface area contributed by atoms with Gasteiger partial charge in [-0.05, 0) is 72.0 Å². The van der Waals surface area contributed by atoms with E-state index in [1.54, 1.807) is 7.11 Å². The molecule has 0 saturated heterocycles. The van der Waals surface area contributed by atoms with Gasteiger partial charge < -0.3 is 10.5 Å². The fraction of sp³-hybridized carbons (Fsp3) is 0.429. The van der Waals surface area contributed by atoms with Gasteiger partial charge in [0.2, 0.25) is 0 Å². The number of rotatable bonds is 7. The molecule has 0 amide bonds. The predicted molar refractivity (Wildman–Crippen MR) is 104 cm³/mol. The van der Waals surface area contributed by atoms with E-state index in [0.717, 1.165) is 12.3 Å². The van der Waals surface area contributed by atoms with Gasteiger partial charge >= 0.3 is 0 Å². The van der Waals surface area contributed by atoms with Crippen molar-refractivity contribution in [3.8, 4) is 16.9 Å². The molecule has 1 saturated carbocycles. The number of halogens is 1. The molecule has 130 valence electrons. The molecule has 0 bridgehead atoms. The minimum atomic E-state index is 0. The maximum Gasteiger partial charge on any atom is 0.122 e. The summed E-state index contributed by atoms with van der Waals surface area (Å²) in [6.45, 7) is 3.00. The highest BCUT2D eigenvalue weighted by Gasteiger charge is 2.38. The zero-order valence-electron chi connectivity index (χ0n) is 14.6. The number of unbranched alkanes of at least 4 members (excludes halogenated alkanes) is 1. The summed E-state index contributed by atoms with van der Waals surface area (Å²) in [6.07, 6.45) is 4.86. The van der Waals surface area contributed by atoms with E-state index in [4.69, 9.17) is 10.5 Å². The number of ether oxygens (including phenoxy) is 1. The lowest BCUT2D eigenvalue weighted by molar-refractivity contribution is 0.409. The third-order valence-electron chi connectivity index (χ3n) is 4.96. The second-order valence-corrected chi connectivity index (χ2v) is 6.60. The lowest BCUT2D eigenvalue weighted by atomic mass is 9.98. The van der Waals surface area contributed by atoms with Crippen LogP contribution in [0.1, 0.15) is 43.2 Å². The minimum absolute atomic E-state index is 0. The summed E-state index contributed by atoms with van der Waals surface area (Å²) >= 11 is 0. The number of nitrogens with two attached hydrogens (primary N) is 1. The Bertz CT molecular complexity index is 653. The molecule has 2 N–H and O–H groups in total. The average molecular weight is 346 g/mol. The molecular weight excluding hydrogens is 318 g/mol. The van der Waals surface area contributed by atoms with Crippen LogP contribution in [0.15, 0.2) is 42.5 Å². The molecule has 2 nitrogen and oxygen atoms in total. The molecule has 2 aromatic carbocycles. The molecule has 2 atom stereocenters. The Morgan fingerprint density at radius 2 is 1.79 bits per heavy atom. The predicted octanol–water partition coefficient (Wildman–Crippen LogP) is 5.19. The Hall–Kier alpha value is -1.51. The van der Waals surface area contributed by atoms with E-state index in [-0.39, 0.29) is 12.4 Å². The van der Waals surface area contributed by atoms with Crippen LogP contribution in [-0.4, -0.2) is 13.7 Å². The van der Waals surface area contributed by atoms with Gasteiger partial charge in [-0.1, -0.05) is 43.7 Å². The highest BCUT2D eigenvalue weighted by molar-refractivity contribution is 5.85. The van der Waals surface area contributed by atoms with Gasteiger partial charge in [0, 0.05) is 0 Å². The third kappa shape index (κ3) is 4.12. The Balaban J connectivity index is 0.00000208. The number of methoxy groups -OCH3 is 1. The van der Waals surface area contributed by atoms with Crippen molar-refractivity contribution in [1.82, 2.24) is 0 Å². The summed E-state index contributed by atoms with van der Waals surface area (Å²) in [5.41, 5.74) is 11.1. The lowest BCUT2D eigenvalue weighted by Gasteiger charge is -2.11. The maximum atomic E-state index is 5.82. The molecule has 1 aliphatic rings. The van der Waals surface area contributed by atoms with Crippen LogP contribution in [0.25, 0.3) is 11.1 Å². The quantitative estimate of drug-likeness (QED) is 0.749. The van der Waals surface area contributed by atoms with Crippen LogP contribution in [0.4, 0.5) is 0 Å². The van der Waals surface area contributed by atoms with Crippen LogP contribution in [0, 0.1) is 5.92 Å². The van der Waals surface area contributed by atoms with Gasteiger partial charge in [-0.2, -0.15) is 0 Å².